The van der Waals surface area contributed by atoms with Crippen molar-refractivity contribution in [2.24, 2.45) is 0 Å². The first kappa shape index (κ1) is 22.1. The van der Waals surface area contributed by atoms with Crippen LogP contribution in [0.15, 0.2) is 36.4 Å². The third kappa shape index (κ3) is 5.11. The van der Waals surface area contributed by atoms with Crippen LogP contribution < -0.4 is 20.3 Å². The van der Waals surface area contributed by atoms with Gasteiger partial charge in [0.2, 0.25) is 5.91 Å². The first-order valence-electron chi connectivity index (χ1n) is 10.1. The zero-order valence-corrected chi connectivity index (χ0v) is 17.8. The number of anilines is 2. The summed E-state index contributed by atoms with van der Waals surface area (Å²) in [5, 5.41) is 16.6. The van der Waals surface area contributed by atoms with E-state index in [-0.39, 0.29) is 35.8 Å². The Morgan fingerprint density at radius 1 is 1.26 bits per heavy atom. The van der Waals surface area contributed by atoms with Gasteiger partial charge in [-0.3, -0.25) is 19.7 Å². The van der Waals surface area contributed by atoms with Crippen LogP contribution in [0.1, 0.15) is 36.2 Å². The van der Waals surface area contributed by atoms with Crippen molar-refractivity contribution in [3.8, 4) is 5.75 Å². The molecule has 0 unspecified atom stereocenters. The molecule has 164 valence electrons. The maximum absolute atomic E-state index is 12.7. The van der Waals surface area contributed by atoms with Gasteiger partial charge in [0.1, 0.15) is 5.75 Å². The summed E-state index contributed by atoms with van der Waals surface area (Å²) in [4.78, 5) is 37.7. The largest absolute Gasteiger partial charge is 0.494 e. The fourth-order valence-electron chi connectivity index (χ4n) is 3.68. The van der Waals surface area contributed by atoms with Crippen LogP contribution in [-0.2, 0) is 11.2 Å². The fraction of sp³-hybridized carbons (Fsp3) is 0.364. The smallest absolute Gasteiger partial charge is 0.273 e. The Bertz CT molecular complexity index is 1010. The number of ether oxygens (including phenoxy) is 1. The number of methoxy groups -OCH3 is 1. The fourth-order valence-corrected chi connectivity index (χ4v) is 3.68. The predicted octanol–water partition coefficient (Wildman–Crippen LogP) is 3.13. The molecule has 1 aliphatic heterocycles. The van der Waals surface area contributed by atoms with Gasteiger partial charge in [-0.25, -0.2) is 0 Å². The van der Waals surface area contributed by atoms with Crippen molar-refractivity contribution in [3.63, 3.8) is 0 Å². The SMILES string of the molecule is COc1cc([N+](=O)[O-])ccc1NC(=O)CN1CCCc2c(C(=O)NC(C)C)cccc21. The Morgan fingerprint density at radius 2 is 2.03 bits per heavy atom. The second-order valence-electron chi connectivity index (χ2n) is 7.65. The zero-order chi connectivity index (χ0) is 22.5. The molecule has 0 bridgehead atoms. The molecule has 0 radical (unpaired) electrons. The van der Waals surface area contributed by atoms with E-state index in [9.17, 15) is 19.7 Å². The van der Waals surface area contributed by atoms with Crippen molar-refractivity contribution >= 4 is 28.9 Å². The number of carbonyl (C=O) groups is 2. The number of nitrogens with zero attached hydrogens (tertiary/aromatic N) is 2. The summed E-state index contributed by atoms with van der Waals surface area (Å²) in [6, 6.07) is 9.61. The minimum atomic E-state index is -0.522. The van der Waals surface area contributed by atoms with E-state index in [0.29, 0.717) is 17.8 Å². The highest BCUT2D eigenvalue weighted by atomic mass is 16.6. The van der Waals surface area contributed by atoms with Crippen LogP contribution in [0.5, 0.6) is 5.75 Å². The van der Waals surface area contributed by atoms with Gasteiger partial charge in [-0.1, -0.05) is 6.07 Å². The number of rotatable bonds is 7. The maximum atomic E-state index is 12.7. The molecule has 2 aromatic carbocycles. The number of nitro benzene ring substituents is 1. The highest BCUT2D eigenvalue weighted by Gasteiger charge is 2.24. The van der Waals surface area contributed by atoms with E-state index in [4.69, 9.17) is 4.74 Å². The lowest BCUT2D eigenvalue weighted by atomic mass is 9.95. The van der Waals surface area contributed by atoms with Gasteiger partial charge in [-0.05, 0) is 50.5 Å². The molecule has 0 spiro atoms. The van der Waals surface area contributed by atoms with E-state index in [2.05, 4.69) is 10.6 Å². The Hall–Kier alpha value is -3.62. The first-order chi connectivity index (χ1) is 14.8. The molecule has 1 heterocycles. The lowest BCUT2D eigenvalue weighted by Crippen LogP contribution is -2.38. The highest BCUT2D eigenvalue weighted by Crippen LogP contribution is 2.31. The average Bonchev–Trinajstić information content (AvgIpc) is 2.73. The van der Waals surface area contributed by atoms with Gasteiger partial charge in [-0.15, -0.1) is 0 Å². The molecule has 0 aromatic heterocycles. The van der Waals surface area contributed by atoms with Crippen molar-refractivity contribution < 1.29 is 19.2 Å². The number of amides is 2. The minimum Gasteiger partial charge on any atom is -0.494 e. The van der Waals surface area contributed by atoms with Crippen molar-refractivity contribution in [1.29, 1.82) is 0 Å². The van der Waals surface area contributed by atoms with E-state index in [0.717, 1.165) is 24.1 Å². The van der Waals surface area contributed by atoms with Crippen molar-refractivity contribution in [3.05, 3.63) is 57.6 Å². The molecule has 3 rings (SSSR count). The van der Waals surface area contributed by atoms with Gasteiger partial charge in [0, 0.05) is 29.9 Å². The number of nitro groups is 1. The Kier molecular flexibility index (Phi) is 6.74. The van der Waals surface area contributed by atoms with Crippen LogP contribution in [0, 0.1) is 10.1 Å². The molecular formula is C22H26N4O5. The molecule has 0 saturated carbocycles. The summed E-state index contributed by atoms with van der Waals surface area (Å²) in [5.74, 6) is -0.181. The van der Waals surface area contributed by atoms with E-state index >= 15 is 0 Å². The normalized spacial score (nSPS) is 12.8. The quantitative estimate of drug-likeness (QED) is 0.519. The van der Waals surface area contributed by atoms with E-state index in [1.807, 2.05) is 36.9 Å². The van der Waals surface area contributed by atoms with Gasteiger partial charge >= 0.3 is 0 Å². The number of benzene rings is 2. The molecule has 0 saturated heterocycles. The predicted molar refractivity (Wildman–Crippen MR) is 118 cm³/mol. The molecule has 0 atom stereocenters. The summed E-state index contributed by atoms with van der Waals surface area (Å²) in [6.45, 7) is 4.60. The number of hydrogen-bond acceptors (Lipinski definition) is 6. The van der Waals surface area contributed by atoms with Gasteiger partial charge in [0.05, 0.1) is 30.3 Å². The van der Waals surface area contributed by atoms with E-state index in [1.54, 1.807) is 0 Å². The molecular weight excluding hydrogens is 400 g/mol. The molecule has 31 heavy (non-hydrogen) atoms. The number of hydrogen-bond donors (Lipinski definition) is 2. The lowest BCUT2D eigenvalue weighted by Gasteiger charge is -2.32. The third-order valence-corrected chi connectivity index (χ3v) is 5.02. The molecule has 2 N–H and O–H groups in total. The zero-order valence-electron chi connectivity index (χ0n) is 17.8. The van der Waals surface area contributed by atoms with Crippen LogP contribution >= 0.6 is 0 Å². The van der Waals surface area contributed by atoms with Gasteiger partial charge < -0.3 is 20.3 Å². The molecule has 1 aliphatic rings. The van der Waals surface area contributed by atoms with Gasteiger partial charge in [0.25, 0.3) is 11.6 Å². The van der Waals surface area contributed by atoms with Crippen LogP contribution in [0.2, 0.25) is 0 Å². The van der Waals surface area contributed by atoms with E-state index in [1.165, 1.54) is 25.3 Å². The van der Waals surface area contributed by atoms with Crippen LogP contribution in [-0.4, -0.2) is 43.0 Å². The molecule has 0 fully saturated rings. The Balaban J connectivity index is 1.77. The number of carbonyl (C=O) groups excluding carboxylic acids is 2. The second kappa shape index (κ2) is 9.46. The first-order valence-corrected chi connectivity index (χ1v) is 10.1. The summed E-state index contributed by atoms with van der Waals surface area (Å²) in [7, 11) is 1.39. The number of non-ortho nitro benzene ring substituents is 1. The highest BCUT2D eigenvalue weighted by molar-refractivity contribution is 5.99. The third-order valence-electron chi connectivity index (χ3n) is 5.02. The van der Waals surface area contributed by atoms with Gasteiger partial charge in [0.15, 0.2) is 0 Å². The van der Waals surface area contributed by atoms with Crippen LogP contribution in [0.4, 0.5) is 17.1 Å². The lowest BCUT2D eigenvalue weighted by molar-refractivity contribution is -0.384. The van der Waals surface area contributed by atoms with Gasteiger partial charge in [-0.2, -0.15) is 0 Å². The Morgan fingerprint density at radius 3 is 2.71 bits per heavy atom. The molecule has 9 nitrogen and oxygen atoms in total. The van der Waals surface area contributed by atoms with Crippen molar-refractivity contribution in [1.82, 2.24) is 5.32 Å². The van der Waals surface area contributed by atoms with Crippen LogP contribution in [0.3, 0.4) is 0 Å². The number of nitrogens with one attached hydrogen (secondary N) is 2. The number of fused-ring (bicyclic) bond motifs is 1. The van der Waals surface area contributed by atoms with Crippen molar-refractivity contribution in [2.45, 2.75) is 32.7 Å². The summed E-state index contributed by atoms with van der Waals surface area (Å²) < 4.78 is 5.18. The summed E-state index contributed by atoms with van der Waals surface area (Å²) in [5.41, 5.74) is 2.68. The maximum Gasteiger partial charge on any atom is 0.273 e. The standard InChI is InChI=1S/C22H26N4O5/c1-14(2)23-22(28)17-6-4-8-19-16(17)7-5-11-25(19)13-21(27)24-18-10-9-15(26(29)30)12-20(18)31-3/h4,6,8-10,12,14H,5,7,11,13H2,1-3H3,(H,23,28)(H,24,27). The molecule has 0 aliphatic carbocycles. The summed E-state index contributed by atoms with van der Waals surface area (Å²) in [6.07, 6.45) is 1.60. The molecule has 2 aromatic rings. The second-order valence-corrected chi connectivity index (χ2v) is 7.65. The monoisotopic (exact) mass is 426 g/mol. The molecule has 9 heteroatoms. The molecule has 2 amide bonds. The van der Waals surface area contributed by atoms with Crippen molar-refractivity contribution in [2.75, 3.05) is 30.4 Å². The minimum absolute atomic E-state index is 0.0329. The van der Waals surface area contributed by atoms with E-state index < -0.39 is 4.92 Å². The Labute approximate surface area is 180 Å². The topological polar surface area (TPSA) is 114 Å². The summed E-state index contributed by atoms with van der Waals surface area (Å²) >= 11 is 0. The van der Waals surface area contributed by atoms with Crippen LogP contribution in [0.25, 0.3) is 0 Å². The average molecular weight is 426 g/mol.